The topological polar surface area (TPSA) is 41.6 Å². The molecular formula is C17H24N2O2. The molecular weight excluding hydrogens is 264 g/mol. The number of hydrogen-bond donors (Lipinski definition) is 1. The molecule has 1 atom stereocenters. The van der Waals surface area contributed by atoms with Crippen LogP contribution in [0.5, 0.6) is 0 Å². The summed E-state index contributed by atoms with van der Waals surface area (Å²) in [6, 6.07) is 10.2. The molecule has 2 aliphatic rings. The smallest absolute Gasteiger partial charge is 0.317 e. The summed E-state index contributed by atoms with van der Waals surface area (Å²) in [6.07, 6.45) is 4.87. The third-order valence-electron chi connectivity index (χ3n) is 4.19. The lowest BCUT2D eigenvalue weighted by atomic mass is 10.2. The largest absolute Gasteiger partial charge is 0.376 e. The molecule has 0 unspecified atom stereocenters. The van der Waals surface area contributed by atoms with E-state index in [0.717, 1.165) is 31.6 Å². The summed E-state index contributed by atoms with van der Waals surface area (Å²) in [5, 5.41) is 3.07. The average molecular weight is 288 g/mol. The highest BCUT2D eigenvalue weighted by Gasteiger charge is 2.25. The fraction of sp³-hybridized carbons (Fsp3) is 0.588. The molecule has 1 aliphatic carbocycles. The maximum absolute atomic E-state index is 12.4. The first kappa shape index (κ1) is 14.4. The van der Waals surface area contributed by atoms with Gasteiger partial charge in [-0.15, -0.1) is 0 Å². The molecule has 2 fully saturated rings. The zero-order valence-corrected chi connectivity index (χ0v) is 12.5. The van der Waals surface area contributed by atoms with Gasteiger partial charge in [0.15, 0.2) is 0 Å². The molecule has 114 valence electrons. The molecule has 1 saturated heterocycles. The standard InChI is InChI=1S/C17H24N2O2/c20-17(18-11-14-8-9-14)19(13-16-7-4-10-21-16)12-15-5-2-1-3-6-15/h1-3,5-6,14,16H,4,7-13H2,(H,18,20)/t16-/m1/s1. The Kier molecular flexibility index (Phi) is 4.76. The van der Waals surface area contributed by atoms with Crippen LogP contribution in [0.15, 0.2) is 30.3 Å². The summed E-state index contributed by atoms with van der Waals surface area (Å²) in [7, 11) is 0. The number of hydrogen-bond acceptors (Lipinski definition) is 2. The molecule has 1 aromatic rings. The van der Waals surface area contributed by atoms with Gasteiger partial charge in [0, 0.05) is 26.2 Å². The number of benzene rings is 1. The first-order valence-corrected chi connectivity index (χ1v) is 7.99. The predicted octanol–water partition coefficient (Wildman–Crippen LogP) is 2.79. The average Bonchev–Trinajstić information content (AvgIpc) is 3.20. The molecule has 0 aromatic heterocycles. The van der Waals surface area contributed by atoms with Crippen LogP contribution in [0.4, 0.5) is 4.79 Å². The number of carbonyl (C=O) groups is 1. The molecule has 21 heavy (non-hydrogen) atoms. The molecule has 0 spiro atoms. The fourth-order valence-electron chi connectivity index (χ4n) is 2.72. The Morgan fingerprint density at radius 3 is 2.71 bits per heavy atom. The zero-order chi connectivity index (χ0) is 14.5. The van der Waals surface area contributed by atoms with Crippen molar-refractivity contribution in [3.8, 4) is 0 Å². The Balaban J connectivity index is 1.59. The van der Waals surface area contributed by atoms with E-state index in [-0.39, 0.29) is 12.1 Å². The molecule has 4 heteroatoms. The van der Waals surface area contributed by atoms with E-state index >= 15 is 0 Å². The molecule has 0 radical (unpaired) electrons. The van der Waals surface area contributed by atoms with E-state index in [1.165, 1.54) is 12.8 Å². The van der Waals surface area contributed by atoms with Gasteiger partial charge in [0.1, 0.15) is 0 Å². The second-order valence-electron chi connectivity index (χ2n) is 6.13. The fourth-order valence-corrected chi connectivity index (χ4v) is 2.72. The molecule has 3 rings (SSSR count). The van der Waals surface area contributed by atoms with Crippen molar-refractivity contribution in [3.05, 3.63) is 35.9 Å². The van der Waals surface area contributed by atoms with Crippen molar-refractivity contribution in [2.75, 3.05) is 19.7 Å². The van der Waals surface area contributed by atoms with Crippen molar-refractivity contribution in [3.63, 3.8) is 0 Å². The van der Waals surface area contributed by atoms with Crippen LogP contribution in [0.25, 0.3) is 0 Å². The van der Waals surface area contributed by atoms with Crippen LogP contribution in [-0.2, 0) is 11.3 Å². The van der Waals surface area contributed by atoms with Gasteiger partial charge < -0.3 is 15.0 Å². The molecule has 0 bridgehead atoms. The number of rotatable bonds is 6. The van der Waals surface area contributed by atoms with E-state index in [0.29, 0.717) is 19.0 Å². The van der Waals surface area contributed by atoms with Crippen molar-refractivity contribution in [2.45, 2.75) is 38.3 Å². The Morgan fingerprint density at radius 1 is 1.24 bits per heavy atom. The van der Waals surface area contributed by atoms with Gasteiger partial charge in [-0.25, -0.2) is 4.79 Å². The van der Waals surface area contributed by atoms with Crippen molar-refractivity contribution in [1.82, 2.24) is 10.2 Å². The maximum atomic E-state index is 12.4. The highest BCUT2D eigenvalue weighted by atomic mass is 16.5. The number of carbonyl (C=O) groups excluding carboxylic acids is 1. The SMILES string of the molecule is O=C(NCC1CC1)N(Cc1ccccc1)C[C@H]1CCCO1. The van der Waals surface area contributed by atoms with Gasteiger partial charge in [0.25, 0.3) is 0 Å². The van der Waals surface area contributed by atoms with Crippen LogP contribution >= 0.6 is 0 Å². The molecule has 1 aliphatic heterocycles. The van der Waals surface area contributed by atoms with Gasteiger partial charge >= 0.3 is 6.03 Å². The van der Waals surface area contributed by atoms with Gasteiger partial charge in [-0.05, 0) is 37.2 Å². The molecule has 1 N–H and O–H groups in total. The van der Waals surface area contributed by atoms with Crippen molar-refractivity contribution >= 4 is 6.03 Å². The maximum Gasteiger partial charge on any atom is 0.317 e. The first-order chi connectivity index (χ1) is 10.3. The third kappa shape index (κ3) is 4.46. The molecule has 1 aromatic carbocycles. The summed E-state index contributed by atoms with van der Waals surface area (Å²) >= 11 is 0. The summed E-state index contributed by atoms with van der Waals surface area (Å²) in [5.74, 6) is 0.704. The van der Waals surface area contributed by atoms with E-state index in [1.807, 2.05) is 23.1 Å². The lowest BCUT2D eigenvalue weighted by molar-refractivity contribution is 0.0794. The summed E-state index contributed by atoms with van der Waals surface area (Å²) < 4.78 is 5.69. The molecule has 1 heterocycles. The van der Waals surface area contributed by atoms with Gasteiger partial charge in [0.05, 0.1) is 6.10 Å². The van der Waals surface area contributed by atoms with Gasteiger partial charge in [0.2, 0.25) is 0 Å². The van der Waals surface area contributed by atoms with E-state index < -0.39 is 0 Å². The van der Waals surface area contributed by atoms with Gasteiger partial charge in [-0.2, -0.15) is 0 Å². The summed E-state index contributed by atoms with van der Waals surface area (Å²) in [5.41, 5.74) is 1.16. The highest BCUT2D eigenvalue weighted by molar-refractivity contribution is 5.74. The van der Waals surface area contributed by atoms with Crippen LogP contribution in [0.1, 0.15) is 31.2 Å². The monoisotopic (exact) mass is 288 g/mol. The highest BCUT2D eigenvalue weighted by Crippen LogP contribution is 2.27. The summed E-state index contributed by atoms with van der Waals surface area (Å²) in [6.45, 7) is 2.98. The van der Waals surface area contributed by atoms with Crippen LogP contribution in [-0.4, -0.2) is 36.7 Å². The van der Waals surface area contributed by atoms with Crippen molar-refractivity contribution in [1.29, 1.82) is 0 Å². The zero-order valence-electron chi connectivity index (χ0n) is 12.5. The van der Waals surface area contributed by atoms with Crippen LogP contribution in [0.3, 0.4) is 0 Å². The minimum absolute atomic E-state index is 0.0428. The summed E-state index contributed by atoms with van der Waals surface area (Å²) in [4.78, 5) is 14.3. The van der Waals surface area contributed by atoms with E-state index in [4.69, 9.17) is 4.74 Å². The van der Waals surface area contributed by atoms with Crippen LogP contribution in [0.2, 0.25) is 0 Å². The van der Waals surface area contributed by atoms with Crippen molar-refractivity contribution < 1.29 is 9.53 Å². The number of nitrogens with one attached hydrogen (secondary N) is 1. The lowest BCUT2D eigenvalue weighted by Gasteiger charge is -2.26. The van der Waals surface area contributed by atoms with E-state index in [1.54, 1.807) is 0 Å². The minimum atomic E-state index is 0.0428. The number of nitrogens with zero attached hydrogens (tertiary/aromatic N) is 1. The first-order valence-electron chi connectivity index (χ1n) is 7.99. The third-order valence-corrected chi connectivity index (χ3v) is 4.19. The number of urea groups is 1. The van der Waals surface area contributed by atoms with Crippen LogP contribution in [0, 0.1) is 5.92 Å². The van der Waals surface area contributed by atoms with Gasteiger partial charge in [-0.3, -0.25) is 0 Å². The Morgan fingerprint density at radius 2 is 2.05 bits per heavy atom. The second-order valence-corrected chi connectivity index (χ2v) is 6.13. The molecule has 4 nitrogen and oxygen atoms in total. The quantitative estimate of drug-likeness (QED) is 0.874. The minimum Gasteiger partial charge on any atom is -0.376 e. The van der Waals surface area contributed by atoms with E-state index in [9.17, 15) is 4.79 Å². The van der Waals surface area contributed by atoms with E-state index in [2.05, 4.69) is 17.4 Å². The van der Waals surface area contributed by atoms with Crippen LogP contribution < -0.4 is 5.32 Å². The Hall–Kier alpha value is -1.55. The molecule has 2 amide bonds. The van der Waals surface area contributed by atoms with Crippen molar-refractivity contribution in [2.24, 2.45) is 5.92 Å². The number of amides is 2. The Labute approximate surface area is 126 Å². The lowest BCUT2D eigenvalue weighted by Crippen LogP contribution is -2.43. The van der Waals surface area contributed by atoms with Gasteiger partial charge in [-0.1, -0.05) is 30.3 Å². The Bertz CT molecular complexity index is 453. The second kappa shape index (κ2) is 6.94. The molecule has 1 saturated carbocycles. The normalized spacial score (nSPS) is 21.2. The predicted molar refractivity (Wildman–Crippen MR) is 81.9 cm³/mol. The number of ether oxygens (including phenoxy) is 1.